The van der Waals surface area contributed by atoms with Gasteiger partial charge < -0.3 is 4.90 Å². The van der Waals surface area contributed by atoms with Crippen LogP contribution in [0.15, 0.2) is 36.5 Å². The first kappa shape index (κ1) is 12.2. The maximum Gasteiger partial charge on any atom is 0.150 e. The molecule has 1 aromatic carbocycles. The largest absolute Gasteiger partial charge is 0.351 e. The molecule has 0 unspecified atom stereocenters. The molecule has 0 saturated heterocycles. The molecule has 0 aliphatic rings. The zero-order valence-electron chi connectivity index (χ0n) is 10.8. The number of hydrogen-bond donors (Lipinski definition) is 0. The lowest BCUT2D eigenvalue weighted by Gasteiger charge is -2.25. The average molecular weight is 240 g/mol. The molecule has 0 spiro atoms. The van der Waals surface area contributed by atoms with Gasteiger partial charge in [0, 0.05) is 26.4 Å². The van der Waals surface area contributed by atoms with Gasteiger partial charge in [-0.15, -0.1) is 0 Å². The second-order valence-electron chi connectivity index (χ2n) is 4.37. The van der Waals surface area contributed by atoms with Crippen LogP contribution < -0.4 is 4.90 Å². The Morgan fingerprint density at radius 1 is 1.39 bits per heavy atom. The normalized spacial score (nSPS) is 11.9. The lowest BCUT2D eigenvalue weighted by molar-refractivity contribution is 0.700. The van der Waals surface area contributed by atoms with Crippen LogP contribution in [-0.4, -0.2) is 16.8 Å². The van der Waals surface area contributed by atoms with Crippen molar-refractivity contribution in [2.24, 2.45) is 7.05 Å². The smallest absolute Gasteiger partial charge is 0.150 e. The predicted molar refractivity (Wildman–Crippen MR) is 71.2 cm³/mol. The lowest BCUT2D eigenvalue weighted by Crippen LogP contribution is -2.22. The Balaban J connectivity index is 2.25. The highest BCUT2D eigenvalue weighted by atomic mass is 15.3. The van der Waals surface area contributed by atoms with Crippen molar-refractivity contribution in [3.63, 3.8) is 0 Å². The van der Waals surface area contributed by atoms with Crippen molar-refractivity contribution >= 4 is 5.82 Å². The first-order chi connectivity index (χ1) is 8.61. The number of hydrogen-bond acceptors (Lipinski definition) is 3. The second kappa shape index (κ2) is 4.92. The van der Waals surface area contributed by atoms with Crippen molar-refractivity contribution in [3.05, 3.63) is 47.7 Å². The zero-order chi connectivity index (χ0) is 13.1. The highest BCUT2D eigenvalue weighted by Crippen LogP contribution is 2.24. The van der Waals surface area contributed by atoms with Gasteiger partial charge in [0.05, 0.1) is 17.7 Å². The van der Waals surface area contributed by atoms with Crippen LogP contribution in [0.1, 0.15) is 24.1 Å². The van der Waals surface area contributed by atoms with Gasteiger partial charge in [0.1, 0.15) is 0 Å². The number of nitriles is 1. The van der Waals surface area contributed by atoms with Crippen LogP contribution in [0.4, 0.5) is 5.82 Å². The van der Waals surface area contributed by atoms with Gasteiger partial charge in [0.25, 0.3) is 0 Å². The summed E-state index contributed by atoms with van der Waals surface area (Å²) in [5.41, 5.74) is 1.80. The number of aromatic nitrogens is 2. The Morgan fingerprint density at radius 3 is 2.78 bits per heavy atom. The molecule has 0 bridgehead atoms. The molecule has 0 radical (unpaired) electrons. The summed E-state index contributed by atoms with van der Waals surface area (Å²) in [6.07, 6.45) is 1.92. The summed E-state index contributed by atoms with van der Waals surface area (Å²) >= 11 is 0. The van der Waals surface area contributed by atoms with Crippen LogP contribution in [0.3, 0.4) is 0 Å². The fraction of sp³-hybridized carbons (Fsp3) is 0.286. The van der Waals surface area contributed by atoms with E-state index in [4.69, 9.17) is 5.26 Å². The highest BCUT2D eigenvalue weighted by molar-refractivity contribution is 5.42. The summed E-state index contributed by atoms with van der Waals surface area (Å²) in [5.74, 6) is 0.923. The van der Waals surface area contributed by atoms with Crippen LogP contribution in [-0.2, 0) is 7.05 Å². The van der Waals surface area contributed by atoms with Crippen LogP contribution in [0.25, 0.3) is 0 Å². The summed E-state index contributed by atoms with van der Waals surface area (Å²) in [4.78, 5) is 2.09. The second-order valence-corrected chi connectivity index (χ2v) is 4.37. The number of benzene rings is 1. The Kier molecular flexibility index (Phi) is 3.33. The molecule has 0 fully saturated rings. The van der Waals surface area contributed by atoms with Crippen molar-refractivity contribution in [3.8, 4) is 6.07 Å². The van der Waals surface area contributed by atoms with Crippen LogP contribution in [0.2, 0.25) is 0 Å². The van der Waals surface area contributed by atoms with Crippen molar-refractivity contribution in [2.75, 3.05) is 11.9 Å². The molecule has 0 saturated carbocycles. The monoisotopic (exact) mass is 240 g/mol. The van der Waals surface area contributed by atoms with E-state index in [-0.39, 0.29) is 6.04 Å². The number of aryl methyl sites for hydroxylation is 1. The Labute approximate surface area is 107 Å². The van der Waals surface area contributed by atoms with Gasteiger partial charge in [0.2, 0.25) is 0 Å². The van der Waals surface area contributed by atoms with E-state index in [1.807, 2.05) is 50.6 Å². The van der Waals surface area contributed by atoms with Gasteiger partial charge in [-0.25, -0.2) is 0 Å². The summed E-state index contributed by atoms with van der Waals surface area (Å²) in [7, 11) is 3.91. The Bertz CT molecular complexity index is 579. The number of anilines is 1. The van der Waals surface area contributed by atoms with E-state index in [9.17, 15) is 0 Å². The minimum absolute atomic E-state index is 0.174. The molecule has 0 aliphatic carbocycles. The third-order valence-corrected chi connectivity index (χ3v) is 3.14. The molecule has 0 aliphatic heterocycles. The van der Waals surface area contributed by atoms with Crippen LogP contribution >= 0.6 is 0 Å². The van der Waals surface area contributed by atoms with Crippen molar-refractivity contribution in [2.45, 2.75) is 13.0 Å². The summed E-state index contributed by atoms with van der Waals surface area (Å²) < 4.78 is 1.78. The van der Waals surface area contributed by atoms with E-state index in [1.165, 1.54) is 0 Å². The van der Waals surface area contributed by atoms with E-state index in [1.54, 1.807) is 4.68 Å². The third kappa shape index (κ3) is 2.35. The molecule has 0 amide bonds. The van der Waals surface area contributed by atoms with Gasteiger partial charge in [0.15, 0.2) is 5.82 Å². The molecule has 0 N–H and O–H groups in total. The molecule has 2 aromatic rings. The molecule has 1 heterocycles. The molecule has 18 heavy (non-hydrogen) atoms. The van der Waals surface area contributed by atoms with E-state index in [0.29, 0.717) is 5.56 Å². The van der Waals surface area contributed by atoms with E-state index >= 15 is 0 Å². The van der Waals surface area contributed by atoms with Crippen molar-refractivity contribution in [1.82, 2.24) is 9.78 Å². The fourth-order valence-corrected chi connectivity index (χ4v) is 1.88. The predicted octanol–water partition coefficient (Wildman–Crippen LogP) is 2.49. The molecule has 4 nitrogen and oxygen atoms in total. The zero-order valence-corrected chi connectivity index (χ0v) is 10.8. The molecule has 4 heteroatoms. The van der Waals surface area contributed by atoms with Crippen LogP contribution in [0.5, 0.6) is 0 Å². The average Bonchev–Trinajstić information content (AvgIpc) is 2.83. The molecule has 1 atom stereocenters. The molecule has 2 rings (SSSR count). The minimum Gasteiger partial charge on any atom is -0.351 e. The Hall–Kier alpha value is -2.28. The quantitative estimate of drug-likeness (QED) is 0.828. The SMILES string of the molecule is C[C@H](c1cccc(C#N)c1)N(C)c1ccn(C)n1. The maximum absolute atomic E-state index is 8.92. The lowest BCUT2D eigenvalue weighted by atomic mass is 10.0. The van der Waals surface area contributed by atoms with E-state index in [0.717, 1.165) is 11.4 Å². The van der Waals surface area contributed by atoms with Gasteiger partial charge in [-0.2, -0.15) is 10.4 Å². The first-order valence-corrected chi connectivity index (χ1v) is 5.84. The number of rotatable bonds is 3. The Morgan fingerprint density at radius 2 is 2.17 bits per heavy atom. The van der Waals surface area contributed by atoms with Gasteiger partial charge in [-0.1, -0.05) is 12.1 Å². The van der Waals surface area contributed by atoms with Gasteiger partial charge in [-0.3, -0.25) is 4.68 Å². The van der Waals surface area contributed by atoms with Gasteiger partial charge in [-0.05, 0) is 24.6 Å². The third-order valence-electron chi connectivity index (χ3n) is 3.14. The van der Waals surface area contributed by atoms with E-state index < -0.39 is 0 Å². The van der Waals surface area contributed by atoms with Crippen molar-refractivity contribution in [1.29, 1.82) is 5.26 Å². The molecular formula is C14H16N4. The standard InChI is InChI=1S/C14H16N4/c1-11(13-6-4-5-12(9-13)10-15)18(3)14-7-8-17(2)16-14/h4-9,11H,1-3H3/t11-/m1/s1. The van der Waals surface area contributed by atoms with E-state index in [2.05, 4.69) is 23.0 Å². The number of nitrogens with zero attached hydrogens (tertiary/aromatic N) is 4. The summed E-state index contributed by atoms with van der Waals surface area (Å²) in [6.45, 7) is 2.10. The molecular weight excluding hydrogens is 224 g/mol. The first-order valence-electron chi connectivity index (χ1n) is 5.84. The molecule has 92 valence electrons. The summed E-state index contributed by atoms with van der Waals surface area (Å²) in [5, 5.41) is 13.3. The fourth-order valence-electron chi connectivity index (χ4n) is 1.88. The summed E-state index contributed by atoms with van der Waals surface area (Å²) in [6, 6.07) is 12.0. The molecule has 1 aromatic heterocycles. The topological polar surface area (TPSA) is 44.9 Å². The van der Waals surface area contributed by atoms with Crippen molar-refractivity contribution < 1.29 is 0 Å². The minimum atomic E-state index is 0.174. The highest BCUT2D eigenvalue weighted by Gasteiger charge is 2.14. The van der Waals surface area contributed by atoms with Gasteiger partial charge >= 0.3 is 0 Å². The van der Waals surface area contributed by atoms with Crippen LogP contribution in [0, 0.1) is 11.3 Å². The maximum atomic E-state index is 8.92.